The second kappa shape index (κ2) is 8.33. The largest absolute Gasteiger partial charge is 0.487 e. The Morgan fingerprint density at radius 1 is 1.17 bits per heavy atom. The van der Waals surface area contributed by atoms with E-state index in [9.17, 15) is 4.79 Å². The van der Waals surface area contributed by atoms with Gasteiger partial charge in [-0.05, 0) is 82.2 Å². The Bertz CT molecular complexity index is 934. The van der Waals surface area contributed by atoms with Crippen molar-refractivity contribution in [1.82, 2.24) is 5.32 Å². The van der Waals surface area contributed by atoms with E-state index >= 15 is 0 Å². The van der Waals surface area contributed by atoms with Gasteiger partial charge >= 0.3 is 0 Å². The van der Waals surface area contributed by atoms with Gasteiger partial charge in [0.2, 0.25) is 0 Å². The molecular formula is C26H33NO3. The lowest BCUT2D eigenvalue weighted by molar-refractivity contribution is -0.129. The van der Waals surface area contributed by atoms with Gasteiger partial charge in [-0.3, -0.25) is 4.79 Å². The summed E-state index contributed by atoms with van der Waals surface area (Å²) in [6, 6.07) is 12.4. The van der Waals surface area contributed by atoms with Crippen LogP contribution in [0.25, 0.3) is 0 Å². The number of ether oxygens (including phenoxy) is 2. The zero-order chi connectivity index (χ0) is 21.3. The Morgan fingerprint density at radius 3 is 2.70 bits per heavy atom. The van der Waals surface area contributed by atoms with Crippen molar-refractivity contribution in [3.8, 4) is 11.5 Å². The van der Waals surface area contributed by atoms with Crippen molar-refractivity contribution in [2.45, 2.75) is 84.0 Å². The van der Waals surface area contributed by atoms with Crippen molar-refractivity contribution in [2.24, 2.45) is 0 Å². The van der Waals surface area contributed by atoms with E-state index in [1.165, 1.54) is 24.0 Å². The Hall–Kier alpha value is -2.49. The van der Waals surface area contributed by atoms with Gasteiger partial charge in [-0.15, -0.1) is 0 Å². The van der Waals surface area contributed by atoms with E-state index in [1.807, 2.05) is 25.1 Å². The van der Waals surface area contributed by atoms with Gasteiger partial charge in [0.25, 0.3) is 5.91 Å². The van der Waals surface area contributed by atoms with E-state index < -0.39 is 6.10 Å². The number of nitrogens with one attached hydrogen (secondary N) is 1. The molecule has 1 N–H and O–H groups in total. The molecule has 2 aliphatic rings. The molecule has 0 fully saturated rings. The number of hydrogen-bond acceptors (Lipinski definition) is 3. The molecule has 0 saturated carbocycles. The van der Waals surface area contributed by atoms with E-state index in [-0.39, 0.29) is 17.6 Å². The average Bonchev–Trinajstić information content (AvgIpc) is 2.71. The first kappa shape index (κ1) is 20.8. The Balaban J connectivity index is 1.50. The third-order valence-electron chi connectivity index (χ3n) is 6.20. The zero-order valence-electron chi connectivity index (χ0n) is 18.6. The van der Waals surface area contributed by atoms with Crippen molar-refractivity contribution < 1.29 is 14.3 Å². The topological polar surface area (TPSA) is 47.6 Å². The number of amides is 1. The summed E-state index contributed by atoms with van der Waals surface area (Å²) in [5, 5.41) is 3.25. The van der Waals surface area contributed by atoms with E-state index in [0.717, 1.165) is 41.9 Å². The van der Waals surface area contributed by atoms with Crippen molar-refractivity contribution in [3.63, 3.8) is 0 Å². The number of carbonyl (C=O) groups excluding carboxylic acids is 1. The van der Waals surface area contributed by atoms with Crippen LogP contribution in [0.2, 0.25) is 0 Å². The molecule has 0 saturated heterocycles. The fourth-order valence-corrected chi connectivity index (χ4v) is 4.64. The molecule has 30 heavy (non-hydrogen) atoms. The van der Waals surface area contributed by atoms with Crippen LogP contribution in [-0.4, -0.2) is 17.6 Å². The van der Waals surface area contributed by atoms with Crippen LogP contribution in [0, 0.1) is 6.92 Å². The number of hydrogen-bond donors (Lipinski definition) is 1. The monoisotopic (exact) mass is 407 g/mol. The van der Waals surface area contributed by atoms with Crippen LogP contribution < -0.4 is 14.8 Å². The molecule has 4 nitrogen and oxygen atoms in total. The summed E-state index contributed by atoms with van der Waals surface area (Å²) in [6.07, 6.45) is 5.57. The molecule has 1 aliphatic heterocycles. The molecular weight excluding hydrogens is 374 g/mol. The maximum absolute atomic E-state index is 13.2. The third-order valence-corrected chi connectivity index (χ3v) is 6.20. The minimum absolute atomic E-state index is 0.0645. The average molecular weight is 408 g/mol. The van der Waals surface area contributed by atoms with Crippen LogP contribution >= 0.6 is 0 Å². The molecule has 2 aromatic rings. The predicted molar refractivity (Wildman–Crippen MR) is 119 cm³/mol. The van der Waals surface area contributed by atoms with Gasteiger partial charge in [0.1, 0.15) is 17.1 Å². The number of rotatable bonds is 5. The van der Waals surface area contributed by atoms with E-state index in [4.69, 9.17) is 9.47 Å². The first-order valence-corrected chi connectivity index (χ1v) is 11.2. The minimum atomic E-state index is -0.508. The second-order valence-electron chi connectivity index (χ2n) is 9.32. The lowest BCUT2D eigenvalue weighted by atomic mass is 9.88. The fourth-order valence-electron chi connectivity index (χ4n) is 4.64. The first-order valence-electron chi connectivity index (χ1n) is 11.2. The van der Waals surface area contributed by atoms with Gasteiger partial charge in [0.05, 0.1) is 6.04 Å². The van der Waals surface area contributed by atoms with Crippen LogP contribution in [-0.2, 0) is 17.6 Å². The predicted octanol–water partition coefficient (Wildman–Crippen LogP) is 5.45. The van der Waals surface area contributed by atoms with Crippen LogP contribution in [0.5, 0.6) is 11.5 Å². The van der Waals surface area contributed by atoms with Crippen LogP contribution in [0.4, 0.5) is 0 Å². The molecule has 0 aromatic heterocycles. The van der Waals surface area contributed by atoms with Gasteiger partial charge in [0.15, 0.2) is 6.10 Å². The summed E-state index contributed by atoms with van der Waals surface area (Å²) in [4.78, 5) is 13.2. The fraction of sp³-hybridized carbons (Fsp3) is 0.500. The molecule has 4 rings (SSSR count). The van der Waals surface area contributed by atoms with Crippen molar-refractivity contribution >= 4 is 5.91 Å². The molecule has 0 bridgehead atoms. The molecule has 0 unspecified atom stereocenters. The van der Waals surface area contributed by atoms with Crippen molar-refractivity contribution in [2.75, 3.05) is 0 Å². The third kappa shape index (κ3) is 4.48. The van der Waals surface area contributed by atoms with Crippen molar-refractivity contribution in [1.29, 1.82) is 0 Å². The molecule has 2 atom stereocenters. The molecule has 1 heterocycles. The van der Waals surface area contributed by atoms with Gasteiger partial charge in [-0.2, -0.15) is 0 Å². The highest BCUT2D eigenvalue weighted by Gasteiger charge is 2.35. The Morgan fingerprint density at radius 2 is 1.93 bits per heavy atom. The summed E-state index contributed by atoms with van der Waals surface area (Å²) in [7, 11) is 0. The quantitative estimate of drug-likeness (QED) is 0.717. The van der Waals surface area contributed by atoms with E-state index in [0.29, 0.717) is 6.42 Å². The number of benzene rings is 2. The van der Waals surface area contributed by atoms with Gasteiger partial charge in [0, 0.05) is 12.0 Å². The normalized spacial score (nSPS) is 20.3. The Kier molecular flexibility index (Phi) is 5.77. The van der Waals surface area contributed by atoms with E-state index in [2.05, 4.69) is 44.3 Å². The summed E-state index contributed by atoms with van der Waals surface area (Å²) in [5.41, 5.74) is 4.66. The molecule has 1 amide bonds. The number of carbonyl (C=O) groups is 1. The number of fused-ring (bicyclic) bond motifs is 2. The molecule has 1 aliphatic carbocycles. The van der Waals surface area contributed by atoms with Crippen LogP contribution in [0.1, 0.15) is 74.8 Å². The highest BCUT2D eigenvalue weighted by atomic mass is 16.5. The summed E-state index contributed by atoms with van der Waals surface area (Å²) in [5.74, 6) is 1.58. The lowest BCUT2D eigenvalue weighted by Gasteiger charge is -2.38. The lowest BCUT2D eigenvalue weighted by Crippen LogP contribution is -2.45. The standard InChI is InChI=1S/C26H33NO3/c1-5-23(29-20-12-11-18-8-6-7-9-19(18)15-20)25(28)27-22-16-26(3,4)30-24-13-10-17(2)14-21(22)24/h10-15,22-23H,5-9,16H2,1-4H3,(H,27,28)/t22-,23+/m1/s1. The second-order valence-corrected chi connectivity index (χ2v) is 9.32. The molecule has 2 aromatic carbocycles. The maximum Gasteiger partial charge on any atom is 0.261 e. The van der Waals surface area contributed by atoms with E-state index in [1.54, 1.807) is 0 Å². The Labute approximate surface area is 180 Å². The zero-order valence-corrected chi connectivity index (χ0v) is 18.6. The van der Waals surface area contributed by atoms with Gasteiger partial charge < -0.3 is 14.8 Å². The summed E-state index contributed by atoms with van der Waals surface area (Å²) >= 11 is 0. The van der Waals surface area contributed by atoms with Crippen LogP contribution in [0.3, 0.4) is 0 Å². The molecule has 0 radical (unpaired) electrons. The highest BCUT2D eigenvalue weighted by Crippen LogP contribution is 2.40. The summed E-state index contributed by atoms with van der Waals surface area (Å²) in [6.45, 7) is 8.19. The highest BCUT2D eigenvalue weighted by molar-refractivity contribution is 5.81. The van der Waals surface area contributed by atoms with Crippen LogP contribution in [0.15, 0.2) is 36.4 Å². The molecule has 0 spiro atoms. The van der Waals surface area contributed by atoms with Gasteiger partial charge in [-0.1, -0.05) is 30.7 Å². The maximum atomic E-state index is 13.2. The number of aryl methyl sites for hydroxylation is 3. The first-order chi connectivity index (χ1) is 14.3. The minimum Gasteiger partial charge on any atom is -0.487 e. The summed E-state index contributed by atoms with van der Waals surface area (Å²) < 4.78 is 12.3. The molecule has 160 valence electrons. The SMILES string of the molecule is CC[C@H](Oc1ccc2c(c1)CCCC2)C(=O)N[C@@H]1CC(C)(C)Oc2ccc(C)cc21. The smallest absolute Gasteiger partial charge is 0.261 e. The molecule has 4 heteroatoms. The van der Waals surface area contributed by atoms with Crippen molar-refractivity contribution in [3.05, 3.63) is 58.7 Å². The van der Waals surface area contributed by atoms with Gasteiger partial charge in [-0.25, -0.2) is 0 Å².